The highest BCUT2D eigenvalue weighted by molar-refractivity contribution is 5.83. The number of rotatable bonds is 7. The molecule has 0 radical (unpaired) electrons. The minimum absolute atomic E-state index is 0.0617. The Bertz CT molecular complexity index is 333. The first-order chi connectivity index (χ1) is 8.98. The molecule has 0 saturated carbocycles. The summed E-state index contributed by atoms with van der Waals surface area (Å²) in [6.07, 6.45) is 0.583. The van der Waals surface area contributed by atoms with Crippen molar-refractivity contribution in [2.45, 2.75) is 52.2 Å². The van der Waals surface area contributed by atoms with E-state index in [1.54, 1.807) is 32.7 Å². The highest BCUT2D eigenvalue weighted by Gasteiger charge is 2.36. The van der Waals surface area contributed by atoms with Crippen molar-refractivity contribution >= 4 is 11.9 Å². The minimum Gasteiger partial charge on any atom is -0.457 e. The molecule has 0 aliphatic carbocycles. The Kier molecular flexibility index (Phi) is 7.16. The summed E-state index contributed by atoms with van der Waals surface area (Å²) in [6, 6.07) is 0. The van der Waals surface area contributed by atoms with Crippen LogP contribution < -0.4 is 0 Å². The Morgan fingerprint density at radius 3 is 2.10 bits per heavy atom. The molecular formula is C14H27NO5. The summed E-state index contributed by atoms with van der Waals surface area (Å²) in [5.74, 6) is -1.07. The maximum Gasteiger partial charge on any atom is 0.350 e. The number of likely N-dealkylation sites (N-methyl/N-ethyl adjacent to an activating group) is 1. The second-order valence-corrected chi connectivity index (χ2v) is 6.30. The Morgan fingerprint density at radius 1 is 1.10 bits per heavy atom. The number of hydrogen-bond acceptors (Lipinski definition) is 6. The smallest absolute Gasteiger partial charge is 0.350 e. The second kappa shape index (κ2) is 7.59. The summed E-state index contributed by atoms with van der Waals surface area (Å²) in [5.41, 5.74) is -1.94. The number of nitrogens with zero attached hydrogens (tertiary/aromatic N) is 1. The molecule has 0 aromatic rings. The van der Waals surface area contributed by atoms with Crippen LogP contribution in [0.1, 0.15) is 41.0 Å². The van der Waals surface area contributed by atoms with E-state index in [9.17, 15) is 9.59 Å². The second-order valence-electron chi connectivity index (χ2n) is 6.30. The summed E-state index contributed by atoms with van der Waals surface area (Å²) in [5, 5.41) is 8.71. The van der Waals surface area contributed by atoms with E-state index in [4.69, 9.17) is 14.6 Å². The third-order valence-electron chi connectivity index (χ3n) is 2.36. The summed E-state index contributed by atoms with van der Waals surface area (Å²) >= 11 is 0. The van der Waals surface area contributed by atoms with E-state index in [1.807, 2.05) is 0 Å². The number of ether oxygens (including phenoxy) is 2. The summed E-state index contributed by atoms with van der Waals surface area (Å²) in [7, 11) is 1.75. The first-order valence-corrected chi connectivity index (χ1v) is 6.72. The maximum atomic E-state index is 11.9. The van der Waals surface area contributed by atoms with Crippen LogP contribution >= 0.6 is 0 Å². The van der Waals surface area contributed by atoms with Crippen molar-refractivity contribution in [3.05, 3.63) is 0 Å². The Hall–Kier alpha value is -1.14. The SMILES string of the molecule is CN(CCCO)CC(=O)OC(C)(C)C(=O)OC(C)(C)C. The van der Waals surface area contributed by atoms with Gasteiger partial charge in [-0.15, -0.1) is 0 Å². The van der Waals surface area contributed by atoms with Gasteiger partial charge < -0.3 is 14.6 Å². The lowest BCUT2D eigenvalue weighted by atomic mass is 10.1. The zero-order chi connectivity index (χ0) is 16.0. The molecule has 0 aromatic carbocycles. The molecule has 0 bridgehead atoms. The molecule has 0 heterocycles. The Morgan fingerprint density at radius 2 is 1.65 bits per heavy atom. The number of hydrogen-bond donors (Lipinski definition) is 1. The van der Waals surface area contributed by atoms with Crippen LogP contribution in [0.25, 0.3) is 0 Å². The van der Waals surface area contributed by atoms with Crippen molar-refractivity contribution in [3.8, 4) is 0 Å². The third kappa shape index (κ3) is 8.12. The molecule has 6 heteroatoms. The topological polar surface area (TPSA) is 76.1 Å². The van der Waals surface area contributed by atoms with Crippen LogP contribution in [0.4, 0.5) is 0 Å². The van der Waals surface area contributed by atoms with E-state index in [-0.39, 0.29) is 13.2 Å². The predicted octanol–water partition coefficient (Wildman–Crippen LogP) is 0.964. The van der Waals surface area contributed by atoms with Gasteiger partial charge in [0, 0.05) is 13.2 Å². The molecule has 0 saturated heterocycles. The van der Waals surface area contributed by atoms with Gasteiger partial charge in [0.15, 0.2) is 0 Å². The zero-order valence-electron chi connectivity index (χ0n) is 13.4. The number of carbonyl (C=O) groups is 2. The Labute approximate surface area is 121 Å². The molecule has 0 aromatic heterocycles. The van der Waals surface area contributed by atoms with Gasteiger partial charge in [-0.05, 0) is 48.1 Å². The lowest BCUT2D eigenvalue weighted by molar-refractivity contribution is -0.186. The molecular weight excluding hydrogens is 262 g/mol. The van der Waals surface area contributed by atoms with Crippen LogP contribution in [0.5, 0.6) is 0 Å². The molecule has 20 heavy (non-hydrogen) atoms. The maximum absolute atomic E-state index is 11.9. The van der Waals surface area contributed by atoms with Gasteiger partial charge in [0.1, 0.15) is 5.60 Å². The zero-order valence-corrected chi connectivity index (χ0v) is 13.4. The van der Waals surface area contributed by atoms with E-state index < -0.39 is 23.1 Å². The number of aliphatic hydroxyl groups is 1. The predicted molar refractivity (Wildman–Crippen MR) is 75.2 cm³/mol. The first-order valence-electron chi connectivity index (χ1n) is 6.72. The molecule has 0 rings (SSSR count). The lowest BCUT2D eigenvalue weighted by Crippen LogP contribution is -2.44. The minimum atomic E-state index is -1.32. The molecule has 0 aliphatic heterocycles. The van der Waals surface area contributed by atoms with E-state index in [2.05, 4.69) is 0 Å². The normalized spacial score (nSPS) is 12.4. The van der Waals surface area contributed by atoms with Crippen LogP contribution in [0, 0.1) is 0 Å². The van der Waals surface area contributed by atoms with Gasteiger partial charge in [0.2, 0.25) is 5.60 Å². The van der Waals surface area contributed by atoms with Gasteiger partial charge >= 0.3 is 11.9 Å². The standard InChI is InChI=1S/C14H27NO5/c1-13(2,3)20-12(18)14(4,5)19-11(17)10-15(6)8-7-9-16/h16H,7-10H2,1-6H3. The molecule has 0 spiro atoms. The van der Waals surface area contributed by atoms with Crippen LogP contribution in [0.15, 0.2) is 0 Å². The third-order valence-corrected chi connectivity index (χ3v) is 2.36. The van der Waals surface area contributed by atoms with E-state index in [1.165, 1.54) is 13.8 Å². The van der Waals surface area contributed by atoms with Gasteiger partial charge in [-0.1, -0.05) is 0 Å². The fourth-order valence-electron chi connectivity index (χ4n) is 1.40. The summed E-state index contributed by atoms with van der Waals surface area (Å²) in [6.45, 7) is 9.00. The van der Waals surface area contributed by atoms with E-state index >= 15 is 0 Å². The fourth-order valence-corrected chi connectivity index (χ4v) is 1.40. The molecule has 0 unspecified atom stereocenters. The van der Waals surface area contributed by atoms with Gasteiger partial charge in [0.25, 0.3) is 0 Å². The van der Waals surface area contributed by atoms with Crippen LogP contribution in [0.3, 0.4) is 0 Å². The van der Waals surface area contributed by atoms with E-state index in [0.717, 1.165) is 0 Å². The Balaban J connectivity index is 4.38. The molecule has 0 fully saturated rings. The molecule has 0 amide bonds. The van der Waals surface area contributed by atoms with Gasteiger partial charge in [-0.25, -0.2) is 4.79 Å². The van der Waals surface area contributed by atoms with Crippen molar-refractivity contribution < 1.29 is 24.2 Å². The highest BCUT2D eigenvalue weighted by Crippen LogP contribution is 2.17. The first kappa shape index (κ1) is 18.9. The van der Waals surface area contributed by atoms with Crippen molar-refractivity contribution in [1.29, 1.82) is 0 Å². The van der Waals surface area contributed by atoms with Crippen molar-refractivity contribution in [2.24, 2.45) is 0 Å². The molecule has 1 N–H and O–H groups in total. The summed E-state index contributed by atoms with van der Waals surface area (Å²) in [4.78, 5) is 25.4. The van der Waals surface area contributed by atoms with Crippen LogP contribution in [0.2, 0.25) is 0 Å². The molecule has 118 valence electrons. The van der Waals surface area contributed by atoms with Crippen LogP contribution in [-0.4, -0.2) is 59.9 Å². The quantitative estimate of drug-likeness (QED) is 0.704. The van der Waals surface area contributed by atoms with Crippen molar-refractivity contribution in [1.82, 2.24) is 4.90 Å². The average molecular weight is 289 g/mol. The van der Waals surface area contributed by atoms with Crippen LogP contribution in [-0.2, 0) is 19.1 Å². The molecule has 6 nitrogen and oxygen atoms in total. The largest absolute Gasteiger partial charge is 0.457 e. The molecule has 0 atom stereocenters. The summed E-state index contributed by atoms with van der Waals surface area (Å²) < 4.78 is 10.4. The van der Waals surface area contributed by atoms with Gasteiger partial charge in [-0.3, -0.25) is 9.69 Å². The van der Waals surface area contributed by atoms with Gasteiger partial charge in [0.05, 0.1) is 6.54 Å². The average Bonchev–Trinajstić information content (AvgIpc) is 2.22. The van der Waals surface area contributed by atoms with E-state index in [0.29, 0.717) is 13.0 Å². The number of aliphatic hydroxyl groups excluding tert-OH is 1. The lowest BCUT2D eigenvalue weighted by Gasteiger charge is -2.28. The van der Waals surface area contributed by atoms with Crippen molar-refractivity contribution in [2.75, 3.05) is 26.7 Å². The number of carbonyl (C=O) groups excluding carboxylic acids is 2. The van der Waals surface area contributed by atoms with Gasteiger partial charge in [-0.2, -0.15) is 0 Å². The van der Waals surface area contributed by atoms with Crippen molar-refractivity contribution in [3.63, 3.8) is 0 Å². The fraction of sp³-hybridized carbons (Fsp3) is 0.857. The number of esters is 2. The highest BCUT2D eigenvalue weighted by atomic mass is 16.6. The monoisotopic (exact) mass is 289 g/mol. The molecule has 0 aliphatic rings.